The van der Waals surface area contributed by atoms with Crippen LogP contribution in [0.3, 0.4) is 0 Å². The van der Waals surface area contributed by atoms with Gasteiger partial charge >= 0.3 is 0 Å². The fourth-order valence-electron chi connectivity index (χ4n) is 1.56. The number of rotatable bonds is 1. The van der Waals surface area contributed by atoms with Gasteiger partial charge in [-0.05, 0) is 13.1 Å². The van der Waals surface area contributed by atoms with Crippen molar-refractivity contribution in [2.45, 2.75) is 19.6 Å². The molecule has 0 aromatic carbocycles. The van der Waals surface area contributed by atoms with Gasteiger partial charge in [0.25, 0.3) is 0 Å². The summed E-state index contributed by atoms with van der Waals surface area (Å²) >= 11 is 0. The first-order valence-electron chi connectivity index (χ1n) is 4.24. The maximum absolute atomic E-state index is 5.51. The van der Waals surface area contributed by atoms with Crippen LogP contribution in [0.1, 0.15) is 11.4 Å². The molecule has 0 amide bonds. The van der Waals surface area contributed by atoms with Crippen molar-refractivity contribution in [1.82, 2.24) is 14.7 Å². The summed E-state index contributed by atoms with van der Waals surface area (Å²) < 4.78 is 2.06. The number of fused-ring (bicyclic) bond motifs is 1. The van der Waals surface area contributed by atoms with E-state index in [1.165, 1.54) is 5.69 Å². The minimum atomic E-state index is 0. The van der Waals surface area contributed by atoms with Gasteiger partial charge in [-0.3, -0.25) is 9.58 Å². The van der Waals surface area contributed by atoms with Crippen LogP contribution < -0.4 is 5.73 Å². The van der Waals surface area contributed by atoms with E-state index in [0.29, 0.717) is 6.54 Å². The van der Waals surface area contributed by atoms with E-state index >= 15 is 0 Å². The lowest BCUT2D eigenvalue weighted by atomic mass is 10.3. The molecule has 6 heteroatoms. The molecule has 0 saturated carbocycles. The van der Waals surface area contributed by atoms with E-state index in [0.717, 1.165) is 25.3 Å². The Balaban J connectivity index is 0.000000845. The summed E-state index contributed by atoms with van der Waals surface area (Å²) in [6.07, 6.45) is 0. The van der Waals surface area contributed by atoms with Gasteiger partial charge in [-0.2, -0.15) is 5.10 Å². The Labute approximate surface area is 96.3 Å². The number of aromatic nitrogens is 2. The highest BCUT2D eigenvalue weighted by atomic mass is 35.5. The molecule has 14 heavy (non-hydrogen) atoms. The smallest absolute Gasteiger partial charge is 0.0763 e. The van der Waals surface area contributed by atoms with Gasteiger partial charge in [0, 0.05) is 19.6 Å². The molecule has 82 valence electrons. The summed E-state index contributed by atoms with van der Waals surface area (Å²) in [4.78, 5) is 2.29. The number of hydrogen-bond acceptors (Lipinski definition) is 3. The molecule has 0 saturated heterocycles. The minimum absolute atomic E-state index is 0. The van der Waals surface area contributed by atoms with Gasteiger partial charge < -0.3 is 5.73 Å². The van der Waals surface area contributed by atoms with Gasteiger partial charge in [0.1, 0.15) is 0 Å². The predicted octanol–water partition coefficient (Wildman–Crippen LogP) is 0.631. The Bertz CT molecular complexity index is 287. The van der Waals surface area contributed by atoms with Gasteiger partial charge in [-0.1, -0.05) is 0 Å². The van der Waals surface area contributed by atoms with Crippen LogP contribution >= 0.6 is 24.8 Å². The molecule has 0 atom stereocenters. The molecule has 2 N–H and O–H groups in total. The molecule has 0 radical (unpaired) electrons. The molecule has 0 bridgehead atoms. The molecule has 1 aliphatic heterocycles. The lowest BCUT2D eigenvalue weighted by Crippen LogP contribution is -2.30. The van der Waals surface area contributed by atoms with E-state index in [2.05, 4.69) is 27.8 Å². The number of nitrogens with zero attached hydrogens (tertiary/aromatic N) is 3. The molecule has 4 nitrogen and oxygen atoms in total. The Morgan fingerprint density at radius 3 is 2.79 bits per heavy atom. The molecular weight excluding hydrogens is 223 g/mol. The van der Waals surface area contributed by atoms with Crippen molar-refractivity contribution in [3.05, 3.63) is 17.5 Å². The second-order valence-corrected chi connectivity index (χ2v) is 3.29. The standard InChI is InChI=1S/C8H14N4.2ClH/c1-11-2-3-12-8(6-11)4-7(5-9)10-12;;/h4H,2-3,5-6,9H2,1H3;2*1H. The van der Waals surface area contributed by atoms with Crippen LogP contribution in [0.5, 0.6) is 0 Å². The van der Waals surface area contributed by atoms with Crippen LogP contribution in [0, 0.1) is 0 Å². The highest BCUT2D eigenvalue weighted by Crippen LogP contribution is 2.11. The van der Waals surface area contributed by atoms with Crippen molar-refractivity contribution in [3.8, 4) is 0 Å². The van der Waals surface area contributed by atoms with Crippen molar-refractivity contribution < 1.29 is 0 Å². The van der Waals surface area contributed by atoms with Gasteiger partial charge in [0.2, 0.25) is 0 Å². The number of likely N-dealkylation sites (N-methyl/N-ethyl adjacent to an activating group) is 1. The summed E-state index contributed by atoms with van der Waals surface area (Å²) in [6.45, 7) is 3.61. The Morgan fingerprint density at radius 1 is 1.43 bits per heavy atom. The van der Waals surface area contributed by atoms with Crippen molar-refractivity contribution in [2.24, 2.45) is 5.73 Å². The topological polar surface area (TPSA) is 47.1 Å². The van der Waals surface area contributed by atoms with E-state index < -0.39 is 0 Å². The largest absolute Gasteiger partial charge is 0.325 e. The van der Waals surface area contributed by atoms with Crippen molar-refractivity contribution in [2.75, 3.05) is 13.6 Å². The molecular formula is C8H16Cl2N4. The van der Waals surface area contributed by atoms with E-state index in [-0.39, 0.29) is 24.8 Å². The van der Waals surface area contributed by atoms with Crippen LogP contribution in [0.4, 0.5) is 0 Å². The quantitative estimate of drug-likeness (QED) is 0.781. The maximum Gasteiger partial charge on any atom is 0.0763 e. The maximum atomic E-state index is 5.51. The number of hydrogen-bond donors (Lipinski definition) is 1. The van der Waals surface area contributed by atoms with Gasteiger partial charge in [0.15, 0.2) is 0 Å². The summed E-state index contributed by atoms with van der Waals surface area (Å²) in [5, 5.41) is 4.37. The third kappa shape index (κ3) is 2.60. The van der Waals surface area contributed by atoms with Gasteiger partial charge in [-0.25, -0.2) is 0 Å². The Hall–Kier alpha value is -0.290. The predicted molar refractivity (Wildman–Crippen MR) is 60.9 cm³/mol. The number of halogens is 2. The molecule has 0 fully saturated rings. The highest BCUT2D eigenvalue weighted by molar-refractivity contribution is 5.85. The molecule has 0 spiro atoms. The van der Waals surface area contributed by atoms with E-state index in [9.17, 15) is 0 Å². The highest BCUT2D eigenvalue weighted by Gasteiger charge is 2.14. The molecule has 1 aromatic heterocycles. The first-order valence-corrected chi connectivity index (χ1v) is 4.24. The SMILES string of the molecule is CN1CCn2nc(CN)cc2C1.Cl.Cl. The second kappa shape index (κ2) is 5.56. The molecule has 0 unspecified atom stereocenters. The van der Waals surface area contributed by atoms with Crippen molar-refractivity contribution in [1.29, 1.82) is 0 Å². The fourth-order valence-corrected chi connectivity index (χ4v) is 1.56. The van der Waals surface area contributed by atoms with Gasteiger partial charge in [0.05, 0.1) is 17.9 Å². The summed E-state index contributed by atoms with van der Waals surface area (Å²) in [5.74, 6) is 0. The summed E-state index contributed by atoms with van der Waals surface area (Å²) in [6, 6.07) is 2.09. The average Bonchev–Trinajstić information content (AvgIpc) is 2.46. The zero-order valence-corrected chi connectivity index (χ0v) is 9.77. The van der Waals surface area contributed by atoms with E-state index in [4.69, 9.17) is 5.73 Å². The molecule has 1 aliphatic rings. The monoisotopic (exact) mass is 238 g/mol. The average molecular weight is 239 g/mol. The Morgan fingerprint density at radius 2 is 2.14 bits per heavy atom. The van der Waals surface area contributed by atoms with Crippen molar-refractivity contribution in [3.63, 3.8) is 0 Å². The Kier molecular flexibility index (Phi) is 5.44. The second-order valence-electron chi connectivity index (χ2n) is 3.29. The van der Waals surface area contributed by atoms with Gasteiger partial charge in [-0.15, -0.1) is 24.8 Å². The van der Waals surface area contributed by atoms with E-state index in [1.807, 2.05) is 0 Å². The van der Waals surface area contributed by atoms with Crippen molar-refractivity contribution >= 4 is 24.8 Å². The van der Waals surface area contributed by atoms with Crippen LogP contribution in [-0.4, -0.2) is 28.3 Å². The third-order valence-electron chi connectivity index (χ3n) is 2.25. The fraction of sp³-hybridized carbons (Fsp3) is 0.625. The molecule has 1 aromatic rings. The molecule has 0 aliphatic carbocycles. The first-order chi connectivity index (χ1) is 5.79. The minimum Gasteiger partial charge on any atom is -0.325 e. The van der Waals surface area contributed by atoms with Crippen LogP contribution in [0.25, 0.3) is 0 Å². The van der Waals surface area contributed by atoms with Crippen LogP contribution in [-0.2, 0) is 19.6 Å². The normalized spacial score (nSPS) is 15.3. The molecule has 2 rings (SSSR count). The number of nitrogens with two attached hydrogens (primary N) is 1. The first kappa shape index (κ1) is 13.7. The lowest BCUT2D eigenvalue weighted by molar-refractivity contribution is 0.258. The van der Waals surface area contributed by atoms with Crippen LogP contribution in [0.2, 0.25) is 0 Å². The zero-order chi connectivity index (χ0) is 8.55. The van der Waals surface area contributed by atoms with Crippen LogP contribution in [0.15, 0.2) is 6.07 Å². The lowest BCUT2D eigenvalue weighted by Gasteiger charge is -2.22. The summed E-state index contributed by atoms with van der Waals surface area (Å²) in [7, 11) is 2.12. The third-order valence-corrected chi connectivity index (χ3v) is 2.25. The summed E-state index contributed by atoms with van der Waals surface area (Å²) in [5.41, 5.74) is 7.79. The molecule has 2 heterocycles. The zero-order valence-electron chi connectivity index (χ0n) is 8.14. The van der Waals surface area contributed by atoms with E-state index in [1.54, 1.807) is 0 Å².